The van der Waals surface area contributed by atoms with Gasteiger partial charge in [0.2, 0.25) is 0 Å². The standard InChI is InChI=1S/C16H28N2O2/c1-5-20-16-9-7-6-8-14(16)15(17)12-18(13(2)3)10-11-19-4/h6-9,13,15H,5,10-12,17H2,1-4H3. The average molecular weight is 280 g/mol. The lowest BCUT2D eigenvalue weighted by atomic mass is 10.1. The molecule has 1 unspecified atom stereocenters. The molecular weight excluding hydrogens is 252 g/mol. The topological polar surface area (TPSA) is 47.7 Å². The highest BCUT2D eigenvalue weighted by Gasteiger charge is 2.17. The molecule has 0 aliphatic carbocycles. The molecule has 1 atom stereocenters. The van der Waals surface area contributed by atoms with Crippen molar-refractivity contribution in [1.29, 1.82) is 0 Å². The molecule has 0 spiro atoms. The van der Waals surface area contributed by atoms with Crippen LogP contribution in [0, 0.1) is 0 Å². The van der Waals surface area contributed by atoms with Gasteiger partial charge in [0.05, 0.1) is 13.2 Å². The first-order valence-electron chi connectivity index (χ1n) is 7.30. The highest BCUT2D eigenvalue weighted by Crippen LogP contribution is 2.24. The van der Waals surface area contributed by atoms with Gasteiger partial charge in [-0.15, -0.1) is 0 Å². The van der Waals surface area contributed by atoms with Crippen LogP contribution in [0.3, 0.4) is 0 Å². The second kappa shape index (κ2) is 8.95. The Morgan fingerprint density at radius 1 is 1.25 bits per heavy atom. The minimum atomic E-state index is -0.0583. The van der Waals surface area contributed by atoms with Crippen LogP contribution in [0.5, 0.6) is 5.75 Å². The minimum Gasteiger partial charge on any atom is -0.494 e. The summed E-state index contributed by atoms with van der Waals surface area (Å²) < 4.78 is 10.8. The second-order valence-electron chi connectivity index (χ2n) is 5.16. The van der Waals surface area contributed by atoms with Gasteiger partial charge in [-0.3, -0.25) is 4.90 Å². The number of nitrogens with zero attached hydrogens (tertiary/aromatic N) is 1. The van der Waals surface area contributed by atoms with Gasteiger partial charge in [0.15, 0.2) is 0 Å². The zero-order valence-corrected chi connectivity index (χ0v) is 13.1. The number of hydrogen-bond acceptors (Lipinski definition) is 4. The lowest BCUT2D eigenvalue weighted by molar-refractivity contribution is 0.124. The molecule has 1 rings (SSSR count). The highest BCUT2D eigenvalue weighted by atomic mass is 16.5. The zero-order valence-electron chi connectivity index (χ0n) is 13.1. The van der Waals surface area contributed by atoms with E-state index in [-0.39, 0.29) is 6.04 Å². The van der Waals surface area contributed by atoms with Gasteiger partial charge in [0, 0.05) is 37.8 Å². The lowest BCUT2D eigenvalue weighted by Crippen LogP contribution is -2.39. The monoisotopic (exact) mass is 280 g/mol. The van der Waals surface area contributed by atoms with E-state index in [4.69, 9.17) is 15.2 Å². The lowest BCUT2D eigenvalue weighted by Gasteiger charge is -2.29. The van der Waals surface area contributed by atoms with E-state index in [2.05, 4.69) is 18.7 Å². The summed E-state index contributed by atoms with van der Waals surface area (Å²) in [5.74, 6) is 0.887. The van der Waals surface area contributed by atoms with Crippen LogP contribution in [0.15, 0.2) is 24.3 Å². The van der Waals surface area contributed by atoms with Crippen LogP contribution >= 0.6 is 0 Å². The molecule has 0 amide bonds. The first-order valence-corrected chi connectivity index (χ1v) is 7.30. The van der Waals surface area contributed by atoms with Gasteiger partial charge >= 0.3 is 0 Å². The third-order valence-electron chi connectivity index (χ3n) is 3.36. The summed E-state index contributed by atoms with van der Waals surface area (Å²) in [7, 11) is 1.73. The largest absolute Gasteiger partial charge is 0.494 e. The average Bonchev–Trinajstić information content (AvgIpc) is 2.43. The Kier molecular flexibility index (Phi) is 7.59. The Morgan fingerprint density at radius 2 is 1.95 bits per heavy atom. The molecule has 1 aromatic carbocycles. The van der Waals surface area contributed by atoms with Crippen molar-refractivity contribution < 1.29 is 9.47 Å². The van der Waals surface area contributed by atoms with Crippen molar-refractivity contribution >= 4 is 0 Å². The first kappa shape index (κ1) is 17.0. The summed E-state index contributed by atoms with van der Waals surface area (Å²) in [6.45, 7) is 9.40. The van der Waals surface area contributed by atoms with E-state index in [1.165, 1.54) is 0 Å². The summed E-state index contributed by atoms with van der Waals surface area (Å²) in [5, 5.41) is 0. The molecule has 4 nitrogen and oxygen atoms in total. The number of hydrogen-bond donors (Lipinski definition) is 1. The Labute approximate surface area is 122 Å². The van der Waals surface area contributed by atoms with Gasteiger partial charge in [0.25, 0.3) is 0 Å². The molecule has 20 heavy (non-hydrogen) atoms. The van der Waals surface area contributed by atoms with E-state index in [0.29, 0.717) is 12.6 Å². The Hall–Kier alpha value is -1.10. The van der Waals surface area contributed by atoms with Gasteiger partial charge in [-0.25, -0.2) is 0 Å². The quantitative estimate of drug-likeness (QED) is 0.755. The van der Waals surface area contributed by atoms with Crippen LogP contribution in [-0.2, 0) is 4.74 Å². The van der Waals surface area contributed by atoms with Crippen LogP contribution in [0.4, 0.5) is 0 Å². The fraction of sp³-hybridized carbons (Fsp3) is 0.625. The molecule has 0 aromatic heterocycles. The van der Waals surface area contributed by atoms with Gasteiger partial charge in [-0.1, -0.05) is 18.2 Å². The minimum absolute atomic E-state index is 0.0583. The van der Waals surface area contributed by atoms with E-state index in [1.807, 2.05) is 31.2 Å². The van der Waals surface area contributed by atoms with E-state index < -0.39 is 0 Å². The fourth-order valence-electron chi connectivity index (χ4n) is 2.19. The Bertz CT molecular complexity index is 382. The highest BCUT2D eigenvalue weighted by molar-refractivity contribution is 5.36. The molecule has 2 N–H and O–H groups in total. The van der Waals surface area contributed by atoms with Crippen molar-refractivity contribution in [2.24, 2.45) is 5.73 Å². The molecule has 0 saturated carbocycles. The summed E-state index contributed by atoms with van der Waals surface area (Å²) in [6, 6.07) is 8.39. The summed E-state index contributed by atoms with van der Waals surface area (Å²) >= 11 is 0. The molecule has 0 heterocycles. The maximum absolute atomic E-state index is 6.37. The fourth-order valence-corrected chi connectivity index (χ4v) is 2.19. The molecule has 0 bridgehead atoms. The molecule has 0 saturated heterocycles. The normalized spacial score (nSPS) is 12.9. The number of para-hydroxylation sites is 1. The third kappa shape index (κ3) is 5.12. The molecule has 4 heteroatoms. The van der Waals surface area contributed by atoms with Crippen molar-refractivity contribution in [3.8, 4) is 5.75 Å². The van der Waals surface area contributed by atoms with Crippen molar-refractivity contribution in [3.05, 3.63) is 29.8 Å². The smallest absolute Gasteiger partial charge is 0.124 e. The maximum Gasteiger partial charge on any atom is 0.124 e. The van der Waals surface area contributed by atoms with E-state index >= 15 is 0 Å². The number of ether oxygens (including phenoxy) is 2. The number of rotatable bonds is 9. The van der Waals surface area contributed by atoms with Crippen LogP contribution < -0.4 is 10.5 Å². The van der Waals surface area contributed by atoms with E-state index in [0.717, 1.165) is 31.0 Å². The second-order valence-corrected chi connectivity index (χ2v) is 5.16. The van der Waals surface area contributed by atoms with Crippen LogP contribution in [0.25, 0.3) is 0 Å². The van der Waals surface area contributed by atoms with Gasteiger partial charge < -0.3 is 15.2 Å². The molecule has 0 aliphatic rings. The molecule has 0 fully saturated rings. The number of nitrogens with two attached hydrogens (primary N) is 1. The third-order valence-corrected chi connectivity index (χ3v) is 3.36. The summed E-state index contributed by atoms with van der Waals surface area (Å²) in [6.07, 6.45) is 0. The molecule has 0 radical (unpaired) electrons. The predicted octanol–water partition coefficient (Wildman–Crippen LogP) is 2.44. The summed E-state index contributed by atoms with van der Waals surface area (Å²) in [4.78, 5) is 2.33. The molecule has 0 aliphatic heterocycles. The van der Waals surface area contributed by atoms with E-state index in [9.17, 15) is 0 Å². The number of methoxy groups -OCH3 is 1. The van der Waals surface area contributed by atoms with Gasteiger partial charge in [-0.05, 0) is 26.8 Å². The number of benzene rings is 1. The Morgan fingerprint density at radius 3 is 2.55 bits per heavy atom. The Balaban J connectivity index is 2.75. The van der Waals surface area contributed by atoms with Gasteiger partial charge in [-0.2, -0.15) is 0 Å². The SMILES string of the molecule is CCOc1ccccc1C(N)CN(CCOC)C(C)C. The first-order chi connectivity index (χ1) is 9.60. The van der Waals surface area contributed by atoms with Crippen molar-refractivity contribution in [2.75, 3.05) is 33.4 Å². The maximum atomic E-state index is 6.37. The van der Waals surface area contributed by atoms with E-state index in [1.54, 1.807) is 7.11 Å². The van der Waals surface area contributed by atoms with Gasteiger partial charge in [0.1, 0.15) is 5.75 Å². The zero-order chi connectivity index (χ0) is 15.0. The summed E-state index contributed by atoms with van der Waals surface area (Å²) in [5.41, 5.74) is 7.44. The van der Waals surface area contributed by atoms with Crippen LogP contribution in [-0.4, -0.2) is 44.4 Å². The van der Waals surface area contributed by atoms with Crippen molar-refractivity contribution in [1.82, 2.24) is 4.90 Å². The van der Waals surface area contributed by atoms with Crippen molar-refractivity contribution in [2.45, 2.75) is 32.9 Å². The molecule has 114 valence electrons. The van der Waals surface area contributed by atoms with Crippen LogP contribution in [0.2, 0.25) is 0 Å². The van der Waals surface area contributed by atoms with Crippen LogP contribution in [0.1, 0.15) is 32.4 Å². The predicted molar refractivity (Wildman–Crippen MR) is 83.1 cm³/mol. The molecular formula is C16H28N2O2. The molecule has 1 aromatic rings. The van der Waals surface area contributed by atoms with Crippen molar-refractivity contribution in [3.63, 3.8) is 0 Å².